The number of hydrogen-bond acceptors (Lipinski definition) is 5. The lowest BCUT2D eigenvalue weighted by atomic mass is 10.2. The van der Waals surface area contributed by atoms with Gasteiger partial charge in [0.2, 0.25) is 0 Å². The van der Waals surface area contributed by atoms with Gasteiger partial charge in [0.15, 0.2) is 0 Å². The fourth-order valence-electron chi connectivity index (χ4n) is 3.05. The molecule has 2 aromatic heterocycles. The third-order valence-electron chi connectivity index (χ3n) is 4.33. The smallest absolute Gasteiger partial charge is 0.350 e. The van der Waals surface area contributed by atoms with Crippen LogP contribution in [0.15, 0.2) is 71.5 Å². The molecule has 0 fully saturated rings. The number of ether oxygens (including phenoxy) is 1. The molecule has 2 heterocycles. The highest BCUT2D eigenvalue weighted by molar-refractivity contribution is 7.21. The van der Waals surface area contributed by atoms with Crippen molar-refractivity contribution in [2.24, 2.45) is 0 Å². The fourth-order valence-corrected chi connectivity index (χ4v) is 4.21. The first kappa shape index (κ1) is 18.9. The molecule has 7 heteroatoms. The van der Waals surface area contributed by atoms with Gasteiger partial charge in [0.05, 0.1) is 18.0 Å². The van der Waals surface area contributed by atoms with E-state index in [0.29, 0.717) is 32.2 Å². The lowest BCUT2D eigenvalue weighted by Crippen LogP contribution is -2.16. The van der Waals surface area contributed by atoms with Gasteiger partial charge < -0.3 is 10.1 Å². The number of nitrogens with zero attached hydrogens (tertiary/aromatic N) is 1. The number of fused-ring (bicyclic) bond motifs is 1. The number of hydrogen-bond donors (Lipinski definition) is 1. The van der Waals surface area contributed by atoms with E-state index in [1.165, 1.54) is 29.5 Å². The van der Waals surface area contributed by atoms with E-state index >= 15 is 0 Å². The van der Waals surface area contributed by atoms with Gasteiger partial charge in [-0.25, -0.2) is 9.18 Å². The minimum Gasteiger partial charge on any atom is -0.462 e. The van der Waals surface area contributed by atoms with Crippen molar-refractivity contribution in [3.05, 3.63) is 87.8 Å². The number of benzene rings is 2. The summed E-state index contributed by atoms with van der Waals surface area (Å²) in [5.41, 5.74) is 1.65. The van der Waals surface area contributed by atoms with Crippen LogP contribution < -0.4 is 10.9 Å². The predicted octanol–water partition coefficient (Wildman–Crippen LogP) is 5.11. The van der Waals surface area contributed by atoms with E-state index in [4.69, 9.17) is 4.74 Å². The number of pyridine rings is 1. The summed E-state index contributed by atoms with van der Waals surface area (Å²) in [6, 6.07) is 18.2. The number of nitrogens with one attached hydrogen (secondary N) is 1. The molecule has 5 nitrogen and oxygen atoms in total. The summed E-state index contributed by atoms with van der Waals surface area (Å²) in [5.74, 6) is -0.834. The van der Waals surface area contributed by atoms with Crippen LogP contribution in [0.25, 0.3) is 15.9 Å². The van der Waals surface area contributed by atoms with Gasteiger partial charge in [-0.05, 0) is 49.4 Å². The highest BCUT2D eigenvalue weighted by atomic mass is 32.1. The van der Waals surface area contributed by atoms with Crippen molar-refractivity contribution < 1.29 is 13.9 Å². The number of esters is 1. The Morgan fingerprint density at radius 1 is 1.07 bits per heavy atom. The molecule has 4 aromatic rings. The summed E-state index contributed by atoms with van der Waals surface area (Å²) in [6.07, 6.45) is 0. The molecule has 146 valence electrons. The van der Waals surface area contributed by atoms with E-state index in [-0.39, 0.29) is 18.0 Å². The molecule has 2 aromatic carbocycles. The van der Waals surface area contributed by atoms with E-state index in [2.05, 4.69) is 5.32 Å². The number of halogens is 1. The van der Waals surface area contributed by atoms with E-state index in [9.17, 15) is 14.0 Å². The largest absolute Gasteiger partial charge is 0.462 e. The predicted molar refractivity (Wildman–Crippen MR) is 113 cm³/mol. The van der Waals surface area contributed by atoms with Crippen molar-refractivity contribution in [3.63, 3.8) is 0 Å². The molecule has 0 aliphatic carbocycles. The molecule has 4 rings (SSSR count). The first-order valence-corrected chi connectivity index (χ1v) is 9.84. The third kappa shape index (κ3) is 3.64. The number of aromatic nitrogens is 1. The summed E-state index contributed by atoms with van der Waals surface area (Å²) in [7, 11) is 0. The van der Waals surface area contributed by atoms with Crippen molar-refractivity contribution in [2.75, 3.05) is 11.9 Å². The van der Waals surface area contributed by atoms with Crippen LogP contribution in [0.2, 0.25) is 0 Å². The molecule has 0 atom stereocenters. The zero-order chi connectivity index (χ0) is 20.4. The Bertz CT molecular complexity index is 1230. The van der Waals surface area contributed by atoms with Gasteiger partial charge in [-0.3, -0.25) is 9.36 Å². The Kier molecular flexibility index (Phi) is 5.14. The average Bonchev–Trinajstić information content (AvgIpc) is 3.09. The van der Waals surface area contributed by atoms with Gasteiger partial charge in [0.1, 0.15) is 15.5 Å². The van der Waals surface area contributed by atoms with Gasteiger partial charge in [-0.1, -0.05) is 18.2 Å². The topological polar surface area (TPSA) is 60.3 Å². The SMILES string of the molecule is CCOC(=O)c1sc2c(ccc(=O)n2-c2ccccc2)c1Nc1ccc(F)cc1. The van der Waals surface area contributed by atoms with Gasteiger partial charge in [0, 0.05) is 17.1 Å². The highest BCUT2D eigenvalue weighted by Crippen LogP contribution is 2.38. The van der Waals surface area contributed by atoms with Crippen LogP contribution >= 0.6 is 11.3 Å². The first-order valence-electron chi connectivity index (χ1n) is 9.02. The standard InChI is InChI=1S/C22H17FN2O3S/c1-2-28-22(27)20-19(24-15-10-8-14(23)9-11-15)17-12-13-18(26)25(21(17)29-20)16-6-4-3-5-7-16/h3-13,24H,2H2,1H3. The normalized spacial score (nSPS) is 10.8. The summed E-state index contributed by atoms with van der Waals surface area (Å²) >= 11 is 1.18. The van der Waals surface area contributed by atoms with E-state index < -0.39 is 5.97 Å². The Morgan fingerprint density at radius 3 is 2.48 bits per heavy atom. The van der Waals surface area contributed by atoms with Crippen LogP contribution in [0, 0.1) is 5.82 Å². The van der Waals surface area contributed by atoms with Crippen molar-refractivity contribution in [1.82, 2.24) is 4.57 Å². The van der Waals surface area contributed by atoms with Crippen molar-refractivity contribution >= 4 is 38.9 Å². The molecule has 0 radical (unpaired) electrons. The third-order valence-corrected chi connectivity index (χ3v) is 5.50. The Hall–Kier alpha value is -3.45. The zero-order valence-electron chi connectivity index (χ0n) is 15.5. The monoisotopic (exact) mass is 408 g/mol. The maximum Gasteiger partial charge on any atom is 0.350 e. The summed E-state index contributed by atoms with van der Waals surface area (Å²) in [6.45, 7) is 1.97. The molecular formula is C22H17FN2O3S. The van der Waals surface area contributed by atoms with Crippen molar-refractivity contribution in [2.45, 2.75) is 6.92 Å². The molecule has 0 unspecified atom stereocenters. The molecule has 0 aliphatic rings. The lowest BCUT2D eigenvalue weighted by Gasteiger charge is -2.09. The van der Waals surface area contributed by atoms with E-state index in [1.807, 2.05) is 30.3 Å². The molecule has 0 saturated carbocycles. The van der Waals surface area contributed by atoms with Crippen LogP contribution in [-0.4, -0.2) is 17.1 Å². The highest BCUT2D eigenvalue weighted by Gasteiger charge is 2.22. The molecule has 0 amide bonds. The van der Waals surface area contributed by atoms with Gasteiger partial charge in [-0.15, -0.1) is 11.3 Å². The number of para-hydroxylation sites is 1. The second-order valence-corrected chi connectivity index (χ2v) is 7.22. The number of anilines is 2. The molecule has 1 N–H and O–H groups in total. The molecule has 0 spiro atoms. The van der Waals surface area contributed by atoms with E-state index in [0.717, 1.165) is 0 Å². The number of thiophene rings is 1. The maximum absolute atomic E-state index is 13.3. The average molecular weight is 408 g/mol. The van der Waals surface area contributed by atoms with Crippen LogP contribution in [0.5, 0.6) is 0 Å². The minimum absolute atomic E-state index is 0.200. The molecule has 0 aliphatic heterocycles. The molecule has 29 heavy (non-hydrogen) atoms. The Balaban J connectivity index is 1.95. The van der Waals surface area contributed by atoms with Crippen molar-refractivity contribution in [1.29, 1.82) is 0 Å². The quantitative estimate of drug-likeness (QED) is 0.466. The van der Waals surface area contributed by atoms with Gasteiger partial charge in [-0.2, -0.15) is 0 Å². The van der Waals surface area contributed by atoms with Crippen molar-refractivity contribution in [3.8, 4) is 5.69 Å². The lowest BCUT2D eigenvalue weighted by molar-refractivity contribution is 0.0533. The fraction of sp³-hybridized carbons (Fsp3) is 0.0909. The zero-order valence-corrected chi connectivity index (χ0v) is 16.3. The van der Waals surface area contributed by atoms with Crippen LogP contribution in [0.3, 0.4) is 0 Å². The van der Waals surface area contributed by atoms with Crippen LogP contribution in [0.1, 0.15) is 16.6 Å². The Morgan fingerprint density at radius 2 is 1.79 bits per heavy atom. The maximum atomic E-state index is 13.3. The van der Waals surface area contributed by atoms with Gasteiger partial charge >= 0.3 is 5.97 Å². The molecule has 0 bridgehead atoms. The number of carbonyl (C=O) groups is 1. The van der Waals surface area contributed by atoms with Crippen LogP contribution in [0.4, 0.5) is 15.8 Å². The summed E-state index contributed by atoms with van der Waals surface area (Å²) in [5, 5.41) is 3.89. The second-order valence-electron chi connectivity index (χ2n) is 6.22. The molecule has 0 saturated heterocycles. The first-order chi connectivity index (χ1) is 14.1. The van der Waals surface area contributed by atoms with Gasteiger partial charge in [0.25, 0.3) is 5.56 Å². The van der Waals surface area contributed by atoms with E-state index in [1.54, 1.807) is 29.7 Å². The number of rotatable bonds is 5. The number of carbonyl (C=O) groups excluding carboxylic acids is 1. The van der Waals surface area contributed by atoms with Crippen LogP contribution in [-0.2, 0) is 4.74 Å². The minimum atomic E-state index is -0.481. The summed E-state index contributed by atoms with van der Waals surface area (Å²) in [4.78, 5) is 26.2. The Labute approximate surface area is 170 Å². The summed E-state index contributed by atoms with van der Waals surface area (Å²) < 4.78 is 20.1. The molecular weight excluding hydrogens is 391 g/mol. The second kappa shape index (κ2) is 7.89.